The Kier molecular flexibility index (Phi) is 6.29. The second-order valence-corrected chi connectivity index (χ2v) is 5.63. The number of hydrogen-bond donors (Lipinski definition) is 1. The Bertz CT molecular complexity index is 622. The SMILES string of the molecule is COC(=O)C(Cl)Cc1ccc(CCOc2ccc(O)cc2)cc1. The van der Waals surface area contributed by atoms with Crippen molar-refractivity contribution in [2.24, 2.45) is 0 Å². The van der Waals surface area contributed by atoms with Crippen molar-refractivity contribution in [3.63, 3.8) is 0 Å². The Hall–Kier alpha value is -2.20. The molecule has 0 heterocycles. The Morgan fingerprint density at radius 1 is 1.09 bits per heavy atom. The van der Waals surface area contributed by atoms with Crippen LogP contribution in [0.25, 0.3) is 0 Å². The second kappa shape index (κ2) is 8.44. The van der Waals surface area contributed by atoms with Gasteiger partial charge in [0.05, 0.1) is 13.7 Å². The lowest BCUT2D eigenvalue weighted by Gasteiger charge is -2.09. The minimum Gasteiger partial charge on any atom is -0.508 e. The molecule has 0 aromatic heterocycles. The first-order valence-electron chi connectivity index (χ1n) is 7.30. The van der Waals surface area contributed by atoms with Crippen LogP contribution in [0.4, 0.5) is 0 Å². The summed E-state index contributed by atoms with van der Waals surface area (Å²) in [7, 11) is 1.33. The van der Waals surface area contributed by atoms with Crippen molar-refractivity contribution in [1.82, 2.24) is 0 Å². The molecule has 0 amide bonds. The highest BCUT2D eigenvalue weighted by atomic mass is 35.5. The van der Waals surface area contributed by atoms with Gasteiger partial charge in [-0.25, -0.2) is 0 Å². The van der Waals surface area contributed by atoms with Crippen LogP contribution in [-0.4, -0.2) is 30.2 Å². The van der Waals surface area contributed by atoms with Gasteiger partial charge in [0.25, 0.3) is 0 Å². The zero-order valence-corrected chi connectivity index (χ0v) is 13.6. The smallest absolute Gasteiger partial charge is 0.324 e. The third-order valence-corrected chi connectivity index (χ3v) is 3.72. The van der Waals surface area contributed by atoms with Gasteiger partial charge in [-0.1, -0.05) is 24.3 Å². The fraction of sp³-hybridized carbons (Fsp3) is 0.278. The lowest BCUT2D eigenvalue weighted by atomic mass is 10.1. The molecular weight excluding hydrogens is 316 g/mol. The maximum Gasteiger partial charge on any atom is 0.324 e. The van der Waals surface area contributed by atoms with Crippen LogP contribution in [0.15, 0.2) is 48.5 Å². The summed E-state index contributed by atoms with van der Waals surface area (Å²) >= 11 is 5.96. The summed E-state index contributed by atoms with van der Waals surface area (Å²) in [6.45, 7) is 0.546. The number of methoxy groups -OCH3 is 1. The number of phenolic OH excluding ortho intramolecular Hbond substituents is 1. The number of aromatic hydroxyl groups is 1. The molecule has 1 N–H and O–H groups in total. The van der Waals surface area contributed by atoms with E-state index in [1.165, 1.54) is 7.11 Å². The quantitative estimate of drug-likeness (QED) is 0.623. The van der Waals surface area contributed by atoms with Gasteiger partial charge >= 0.3 is 5.97 Å². The minimum atomic E-state index is -0.663. The number of carbonyl (C=O) groups is 1. The third kappa shape index (κ3) is 5.49. The number of ether oxygens (including phenoxy) is 2. The van der Waals surface area contributed by atoms with Crippen molar-refractivity contribution in [3.8, 4) is 11.5 Å². The maximum atomic E-state index is 11.3. The average Bonchev–Trinajstić information content (AvgIpc) is 2.57. The van der Waals surface area contributed by atoms with Gasteiger partial charge in [-0.15, -0.1) is 11.6 Å². The highest BCUT2D eigenvalue weighted by Crippen LogP contribution is 2.16. The van der Waals surface area contributed by atoms with Crippen LogP contribution in [0.1, 0.15) is 11.1 Å². The summed E-state index contributed by atoms with van der Waals surface area (Å²) in [5, 5.41) is 8.54. The predicted octanol–water partition coefficient (Wildman–Crippen LogP) is 3.34. The number of hydrogen-bond acceptors (Lipinski definition) is 4. The lowest BCUT2D eigenvalue weighted by molar-refractivity contribution is -0.140. The molecule has 0 saturated carbocycles. The Morgan fingerprint density at radius 2 is 1.70 bits per heavy atom. The van der Waals surface area contributed by atoms with Crippen molar-refractivity contribution in [1.29, 1.82) is 0 Å². The molecule has 0 fully saturated rings. The number of phenols is 1. The van der Waals surface area contributed by atoms with Gasteiger partial charge in [0, 0.05) is 6.42 Å². The summed E-state index contributed by atoms with van der Waals surface area (Å²) in [6.07, 6.45) is 1.21. The van der Waals surface area contributed by atoms with Crippen LogP contribution in [0.2, 0.25) is 0 Å². The van der Waals surface area contributed by atoms with Crippen molar-refractivity contribution in [2.75, 3.05) is 13.7 Å². The number of halogens is 1. The topological polar surface area (TPSA) is 55.8 Å². The Morgan fingerprint density at radius 3 is 2.30 bits per heavy atom. The van der Waals surface area contributed by atoms with E-state index < -0.39 is 11.3 Å². The van der Waals surface area contributed by atoms with E-state index in [9.17, 15) is 9.90 Å². The molecule has 1 unspecified atom stereocenters. The van der Waals surface area contributed by atoms with E-state index in [1.54, 1.807) is 24.3 Å². The molecule has 0 aliphatic heterocycles. The minimum absolute atomic E-state index is 0.220. The van der Waals surface area contributed by atoms with Gasteiger partial charge in [-0.2, -0.15) is 0 Å². The summed E-state index contributed by atoms with van der Waals surface area (Å²) in [6, 6.07) is 14.5. The standard InChI is InChI=1S/C18H19ClO4/c1-22-18(21)17(19)12-14-4-2-13(3-5-14)10-11-23-16-8-6-15(20)7-9-16/h2-9,17,20H,10-12H2,1H3. The largest absolute Gasteiger partial charge is 0.508 e. The summed E-state index contributed by atoms with van der Waals surface area (Å²) in [5.74, 6) is 0.526. The summed E-state index contributed by atoms with van der Waals surface area (Å²) < 4.78 is 10.2. The van der Waals surface area contributed by atoms with E-state index in [4.69, 9.17) is 16.3 Å². The zero-order chi connectivity index (χ0) is 16.7. The van der Waals surface area contributed by atoms with Crippen molar-refractivity contribution < 1.29 is 19.4 Å². The first kappa shape index (κ1) is 17.2. The normalized spacial score (nSPS) is 11.7. The van der Waals surface area contributed by atoms with E-state index in [-0.39, 0.29) is 5.75 Å². The monoisotopic (exact) mass is 334 g/mol. The number of carbonyl (C=O) groups excluding carboxylic acids is 1. The molecule has 2 aromatic carbocycles. The van der Waals surface area contributed by atoms with Gasteiger partial charge in [0.15, 0.2) is 0 Å². The van der Waals surface area contributed by atoms with Crippen LogP contribution < -0.4 is 4.74 Å². The molecule has 0 bridgehead atoms. The Labute approximate surface area is 140 Å². The van der Waals surface area contributed by atoms with Gasteiger partial charge in [-0.05, 0) is 41.8 Å². The molecule has 0 saturated heterocycles. The fourth-order valence-electron chi connectivity index (χ4n) is 2.09. The van der Waals surface area contributed by atoms with E-state index in [2.05, 4.69) is 4.74 Å². The summed E-state index contributed by atoms with van der Waals surface area (Å²) in [5.41, 5.74) is 2.12. The fourth-order valence-corrected chi connectivity index (χ4v) is 2.36. The zero-order valence-electron chi connectivity index (χ0n) is 12.9. The van der Waals surface area contributed by atoms with E-state index >= 15 is 0 Å². The average molecular weight is 335 g/mol. The molecule has 23 heavy (non-hydrogen) atoms. The van der Waals surface area contributed by atoms with E-state index in [0.717, 1.165) is 23.3 Å². The van der Waals surface area contributed by atoms with Crippen LogP contribution >= 0.6 is 11.6 Å². The molecule has 2 aromatic rings. The number of rotatable bonds is 7. The van der Waals surface area contributed by atoms with Crippen molar-refractivity contribution >= 4 is 17.6 Å². The lowest BCUT2D eigenvalue weighted by Crippen LogP contribution is -2.18. The van der Waals surface area contributed by atoms with Crippen molar-refractivity contribution in [3.05, 3.63) is 59.7 Å². The molecule has 0 aliphatic carbocycles. The predicted molar refractivity (Wildman–Crippen MR) is 89.1 cm³/mol. The molecular formula is C18H19ClO4. The molecule has 5 heteroatoms. The first-order chi connectivity index (χ1) is 11.1. The van der Waals surface area contributed by atoms with Crippen LogP contribution in [0, 0.1) is 0 Å². The highest BCUT2D eigenvalue weighted by molar-refractivity contribution is 6.30. The first-order valence-corrected chi connectivity index (χ1v) is 7.73. The molecule has 4 nitrogen and oxygen atoms in total. The molecule has 1 atom stereocenters. The highest BCUT2D eigenvalue weighted by Gasteiger charge is 2.15. The van der Waals surface area contributed by atoms with Gasteiger partial charge in [0.1, 0.15) is 16.9 Å². The molecule has 0 spiro atoms. The van der Waals surface area contributed by atoms with Gasteiger partial charge < -0.3 is 14.6 Å². The van der Waals surface area contributed by atoms with E-state index in [1.807, 2.05) is 24.3 Å². The molecule has 0 aliphatic rings. The van der Waals surface area contributed by atoms with Crippen LogP contribution in [0.3, 0.4) is 0 Å². The molecule has 2 rings (SSSR count). The number of benzene rings is 2. The van der Waals surface area contributed by atoms with Crippen LogP contribution in [-0.2, 0) is 22.4 Å². The van der Waals surface area contributed by atoms with E-state index in [0.29, 0.717) is 13.0 Å². The van der Waals surface area contributed by atoms with Crippen molar-refractivity contribution in [2.45, 2.75) is 18.2 Å². The van der Waals surface area contributed by atoms with Crippen LogP contribution in [0.5, 0.6) is 11.5 Å². The van der Waals surface area contributed by atoms with Gasteiger partial charge in [-0.3, -0.25) is 4.79 Å². The third-order valence-electron chi connectivity index (χ3n) is 3.39. The molecule has 0 radical (unpaired) electrons. The molecule has 122 valence electrons. The summed E-state index contributed by atoms with van der Waals surface area (Å²) in [4.78, 5) is 11.3. The van der Waals surface area contributed by atoms with Gasteiger partial charge in [0.2, 0.25) is 0 Å². The Balaban J connectivity index is 1.80. The second-order valence-electron chi connectivity index (χ2n) is 5.10. The maximum absolute atomic E-state index is 11.3. The number of esters is 1. The number of alkyl halides is 1.